The molecule has 0 bridgehead atoms. The third-order valence-corrected chi connectivity index (χ3v) is 6.81. The average molecular weight is 495 g/mol. The van der Waals surface area contributed by atoms with Gasteiger partial charge in [-0.05, 0) is 42.0 Å². The number of amides is 3. The normalized spacial score (nSPS) is 19.3. The van der Waals surface area contributed by atoms with Gasteiger partial charge in [-0.2, -0.15) is 0 Å². The second-order valence-electron chi connectivity index (χ2n) is 10.3. The lowest BCUT2D eigenvalue weighted by Gasteiger charge is -2.45. The number of ether oxygens (including phenoxy) is 2. The first-order valence-electron chi connectivity index (χ1n) is 12.2. The molecule has 3 heterocycles. The molecule has 1 N–H and O–H groups in total. The molecule has 1 spiro atoms. The van der Waals surface area contributed by atoms with E-state index in [0.717, 1.165) is 5.56 Å². The molecule has 1 unspecified atom stereocenters. The number of nitrogens with zero attached hydrogens (tertiary/aromatic N) is 3. The fraction of sp³-hybridized carbons (Fsp3) is 0.481. The van der Waals surface area contributed by atoms with Crippen LogP contribution in [-0.2, 0) is 20.9 Å². The smallest absolute Gasteiger partial charge is 0.256 e. The van der Waals surface area contributed by atoms with E-state index in [1.165, 1.54) is 0 Å². The molecule has 192 valence electrons. The molecular formula is C27H34N4O5. The summed E-state index contributed by atoms with van der Waals surface area (Å²) in [7, 11) is 1.57. The van der Waals surface area contributed by atoms with Crippen molar-refractivity contribution in [2.24, 2.45) is 5.41 Å². The van der Waals surface area contributed by atoms with Crippen molar-refractivity contribution in [2.75, 3.05) is 26.8 Å². The first-order valence-corrected chi connectivity index (χ1v) is 12.2. The molecular weight excluding hydrogens is 460 g/mol. The van der Waals surface area contributed by atoms with E-state index >= 15 is 0 Å². The molecule has 2 saturated heterocycles. The molecule has 2 aliphatic heterocycles. The number of nitrogens with one attached hydrogen (secondary N) is 1. The van der Waals surface area contributed by atoms with Crippen LogP contribution in [0.5, 0.6) is 5.75 Å². The molecule has 9 nitrogen and oxygen atoms in total. The minimum absolute atomic E-state index is 0.0648. The summed E-state index contributed by atoms with van der Waals surface area (Å²) in [6.45, 7) is 7.01. The van der Waals surface area contributed by atoms with Gasteiger partial charge < -0.3 is 19.7 Å². The molecule has 9 heteroatoms. The van der Waals surface area contributed by atoms with Crippen LogP contribution in [0.3, 0.4) is 0 Å². The van der Waals surface area contributed by atoms with Crippen molar-refractivity contribution in [2.45, 2.75) is 51.9 Å². The minimum atomic E-state index is -0.954. The van der Waals surface area contributed by atoms with Crippen LogP contribution in [0.1, 0.15) is 49.5 Å². The molecule has 0 saturated carbocycles. The lowest BCUT2D eigenvalue weighted by molar-refractivity contribution is -0.150. The highest BCUT2D eigenvalue weighted by Crippen LogP contribution is 2.39. The van der Waals surface area contributed by atoms with Gasteiger partial charge in [-0.3, -0.25) is 24.3 Å². The topological polar surface area (TPSA) is 101 Å². The molecule has 2 aliphatic rings. The number of carbonyl (C=O) groups excluding carboxylic acids is 3. The second-order valence-corrected chi connectivity index (χ2v) is 10.3. The van der Waals surface area contributed by atoms with E-state index in [1.807, 2.05) is 37.8 Å². The Hall–Kier alpha value is -3.46. The zero-order chi connectivity index (χ0) is 25.9. The number of piperidine rings is 1. The zero-order valence-electron chi connectivity index (χ0n) is 21.3. The standard InChI is InChI=1S/C27H34N4O5/c1-26(2,3)25(34)30-15-11-27(12-16-30)31(24(33)20-5-7-21(35-4)8-6-20)22(18-36-27)23(32)29-17-19-9-13-28-14-10-19/h5-10,13-14,22H,11-12,15-18H2,1-4H3,(H,29,32). The van der Waals surface area contributed by atoms with Gasteiger partial charge in [-0.1, -0.05) is 20.8 Å². The van der Waals surface area contributed by atoms with Gasteiger partial charge in [0.2, 0.25) is 11.8 Å². The molecule has 2 aromatic rings. The maximum absolute atomic E-state index is 13.8. The monoisotopic (exact) mass is 494 g/mol. The zero-order valence-corrected chi connectivity index (χ0v) is 21.3. The number of likely N-dealkylation sites (tertiary alicyclic amines) is 1. The van der Waals surface area contributed by atoms with Crippen molar-refractivity contribution < 1.29 is 23.9 Å². The summed E-state index contributed by atoms with van der Waals surface area (Å²) >= 11 is 0. The van der Waals surface area contributed by atoms with Crippen LogP contribution in [0.4, 0.5) is 0 Å². The van der Waals surface area contributed by atoms with E-state index in [4.69, 9.17) is 9.47 Å². The average Bonchev–Trinajstić information content (AvgIpc) is 3.25. The van der Waals surface area contributed by atoms with Gasteiger partial charge in [0.15, 0.2) is 0 Å². The van der Waals surface area contributed by atoms with Gasteiger partial charge in [0.05, 0.1) is 13.7 Å². The van der Waals surface area contributed by atoms with E-state index in [1.54, 1.807) is 48.7 Å². The predicted molar refractivity (Wildman–Crippen MR) is 133 cm³/mol. The number of hydrogen-bond acceptors (Lipinski definition) is 6. The Morgan fingerprint density at radius 2 is 1.72 bits per heavy atom. The fourth-order valence-electron chi connectivity index (χ4n) is 4.78. The van der Waals surface area contributed by atoms with Gasteiger partial charge >= 0.3 is 0 Å². The van der Waals surface area contributed by atoms with Gasteiger partial charge in [-0.25, -0.2) is 0 Å². The highest BCUT2D eigenvalue weighted by molar-refractivity contribution is 5.98. The highest BCUT2D eigenvalue weighted by Gasteiger charge is 2.54. The maximum Gasteiger partial charge on any atom is 0.256 e. The minimum Gasteiger partial charge on any atom is -0.497 e. The molecule has 0 aliphatic carbocycles. The number of carbonyl (C=O) groups is 3. The fourth-order valence-corrected chi connectivity index (χ4v) is 4.78. The number of aromatic nitrogens is 1. The second kappa shape index (κ2) is 10.3. The van der Waals surface area contributed by atoms with E-state index in [2.05, 4.69) is 10.3 Å². The molecule has 4 rings (SSSR count). The number of rotatable bonds is 5. The van der Waals surface area contributed by atoms with Crippen LogP contribution in [0.15, 0.2) is 48.8 Å². The van der Waals surface area contributed by atoms with Crippen molar-refractivity contribution in [3.63, 3.8) is 0 Å². The Labute approximate surface area is 211 Å². The Bertz CT molecular complexity index is 1090. The molecule has 1 aromatic heterocycles. The summed E-state index contributed by atoms with van der Waals surface area (Å²) in [5.74, 6) is 0.142. The number of benzene rings is 1. The number of hydrogen-bond donors (Lipinski definition) is 1. The van der Waals surface area contributed by atoms with E-state index in [0.29, 0.717) is 43.8 Å². The number of pyridine rings is 1. The van der Waals surface area contributed by atoms with Crippen molar-refractivity contribution >= 4 is 17.7 Å². The quantitative estimate of drug-likeness (QED) is 0.686. The lowest BCUT2D eigenvalue weighted by Crippen LogP contribution is -2.60. The van der Waals surface area contributed by atoms with Crippen molar-refractivity contribution in [1.82, 2.24) is 20.1 Å². The summed E-state index contributed by atoms with van der Waals surface area (Å²) in [4.78, 5) is 47.4. The van der Waals surface area contributed by atoms with E-state index in [9.17, 15) is 14.4 Å². The summed E-state index contributed by atoms with van der Waals surface area (Å²) in [5.41, 5.74) is -0.0888. The summed E-state index contributed by atoms with van der Waals surface area (Å²) < 4.78 is 11.5. The third kappa shape index (κ3) is 5.21. The Morgan fingerprint density at radius 1 is 1.08 bits per heavy atom. The maximum atomic E-state index is 13.8. The largest absolute Gasteiger partial charge is 0.497 e. The molecule has 2 fully saturated rings. The first-order chi connectivity index (χ1) is 17.1. The Kier molecular flexibility index (Phi) is 7.31. The third-order valence-electron chi connectivity index (χ3n) is 6.81. The molecule has 1 atom stereocenters. The van der Waals surface area contributed by atoms with Crippen LogP contribution in [0.25, 0.3) is 0 Å². The molecule has 0 radical (unpaired) electrons. The highest BCUT2D eigenvalue weighted by atomic mass is 16.5. The van der Waals surface area contributed by atoms with Crippen molar-refractivity contribution in [3.05, 3.63) is 59.9 Å². The lowest BCUT2D eigenvalue weighted by atomic mass is 9.91. The van der Waals surface area contributed by atoms with E-state index < -0.39 is 17.2 Å². The van der Waals surface area contributed by atoms with Crippen LogP contribution in [0.2, 0.25) is 0 Å². The number of methoxy groups -OCH3 is 1. The van der Waals surface area contributed by atoms with Crippen LogP contribution in [0, 0.1) is 5.41 Å². The molecule has 1 aromatic carbocycles. The van der Waals surface area contributed by atoms with Crippen molar-refractivity contribution in [3.8, 4) is 5.75 Å². The Morgan fingerprint density at radius 3 is 2.31 bits per heavy atom. The first kappa shape index (κ1) is 25.6. The molecule has 36 heavy (non-hydrogen) atoms. The SMILES string of the molecule is COc1ccc(C(=O)N2C(C(=O)NCc3ccncc3)COC23CCN(C(=O)C(C)(C)C)CC3)cc1. The van der Waals surface area contributed by atoms with E-state index in [-0.39, 0.29) is 24.3 Å². The van der Waals surface area contributed by atoms with Gasteiger partial charge in [0.1, 0.15) is 17.5 Å². The predicted octanol–water partition coefficient (Wildman–Crippen LogP) is 2.61. The van der Waals surface area contributed by atoms with Gasteiger partial charge in [0, 0.05) is 55.8 Å². The van der Waals surface area contributed by atoms with Crippen LogP contribution in [-0.4, -0.2) is 71.1 Å². The van der Waals surface area contributed by atoms with Crippen LogP contribution >= 0.6 is 0 Å². The van der Waals surface area contributed by atoms with Gasteiger partial charge in [-0.15, -0.1) is 0 Å². The summed E-state index contributed by atoms with van der Waals surface area (Å²) in [6, 6.07) is 9.70. The molecule has 3 amide bonds. The van der Waals surface area contributed by atoms with Crippen LogP contribution < -0.4 is 10.1 Å². The summed E-state index contributed by atoms with van der Waals surface area (Å²) in [6.07, 6.45) is 4.21. The van der Waals surface area contributed by atoms with Gasteiger partial charge in [0.25, 0.3) is 5.91 Å². The Balaban J connectivity index is 1.57. The van der Waals surface area contributed by atoms with Crippen molar-refractivity contribution in [1.29, 1.82) is 0 Å². The summed E-state index contributed by atoms with van der Waals surface area (Å²) in [5, 5.41) is 2.94.